The summed E-state index contributed by atoms with van der Waals surface area (Å²) in [5.74, 6) is 0.393. The lowest BCUT2D eigenvalue weighted by Crippen LogP contribution is -2.44. The molecule has 0 saturated carbocycles. The van der Waals surface area contributed by atoms with Crippen LogP contribution in [-0.2, 0) is 0 Å². The van der Waals surface area contributed by atoms with E-state index in [0.717, 1.165) is 24.0 Å². The minimum atomic E-state index is -0.0512. The van der Waals surface area contributed by atoms with Crippen LogP contribution < -0.4 is 5.32 Å². The molecule has 2 aromatic rings. The Balaban J connectivity index is 1.56. The fourth-order valence-corrected chi connectivity index (χ4v) is 3.37. The predicted molar refractivity (Wildman–Crippen MR) is 96.7 cm³/mol. The number of aromatic hydroxyl groups is 2. The average Bonchev–Trinajstić information content (AvgIpc) is 2.62. The van der Waals surface area contributed by atoms with Crippen LogP contribution in [0.5, 0.6) is 11.5 Å². The average molecular weight is 340 g/mol. The molecule has 1 saturated heterocycles. The molecule has 0 radical (unpaired) electrons. The fourth-order valence-electron chi connectivity index (χ4n) is 3.37. The number of rotatable bonds is 3. The number of likely N-dealkylation sites (tertiary alicyclic amines) is 1. The molecule has 0 aromatic heterocycles. The Morgan fingerprint density at radius 2 is 1.80 bits per heavy atom. The molecule has 1 aliphatic heterocycles. The number of urea groups is 1. The highest BCUT2D eigenvalue weighted by atomic mass is 16.3. The normalized spacial score (nSPS) is 16.4. The van der Waals surface area contributed by atoms with E-state index in [0.29, 0.717) is 13.1 Å². The van der Waals surface area contributed by atoms with Crippen LogP contribution in [0, 0.1) is 0 Å². The molecule has 1 atom stereocenters. The van der Waals surface area contributed by atoms with Gasteiger partial charge in [-0.1, -0.05) is 36.4 Å². The van der Waals surface area contributed by atoms with E-state index < -0.39 is 0 Å². The number of carbonyl (C=O) groups excluding carboxylic acids is 1. The molecule has 3 N–H and O–H groups in total. The van der Waals surface area contributed by atoms with Gasteiger partial charge < -0.3 is 20.4 Å². The van der Waals surface area contributed by atoms with Gasteiger partial charge in [-0.3, -0.25) is 0 Å². The van der Waals surface area contributed by atoms with Crippen LogP contribution in [0.3, 0.4) is 0 Å². The summed E-state index contributed by atoms with van der Waals surface area (Å²) in [7, 11) is 0. The maximum Gasteiger partial charge on any atom is 0.317 e. The minimum Gasteiger partial charge on any atom is -0.508 e. The van der Waals surface area contributed by atoms with Crippen LogP contribution in [0.25, 0.3) is 0 Å². The zero-order valence-corrected chi connectivity index (χ0v) is 14.4. The van der Waals surface area contributed by atoms with Gasteiger partial charge in [-0.15, -0.1) is 0 Å². The molecule has 25 heavy (non-hydrogen) atoms. The quantitative estimate of drug-likeness (QED) is 0.797. The van der Waals surface area contributed by atoms with Crippen LogP contribution in [0.15, 0.2) is 48.5 Å². The van der Waals surface area contributed by atoms with Gasteiger partial charge in [-0.25, -0.2) is 4.79 Å². The highest BCUT2D eigenvalue weighted by Gasteiger charge is 2.26. The third kappa shape index (κ3) is 4.05. The van der Waals surface area contributed by atoms with Gasteiger partial charge >= 0.3 is 6.03 Å². The molecule has 0 bridgehead atoms. The van der Waals surface area contributed by atoms with Gasteiger partial charge in [0, 0.05) is 19.2 Å². The minimum absolute atomic E-state index is 0.0347. The number of phenols is 2. The Hall–Kier alpha value is -2.69. The highest BCUT2D eigenvalue weighted by Crippen LogP contribution is 2.35. The molecule has 5 nitrogen and oxygen atoms in total. The van der Waals surface area contributed by atoms with Crippen molar-refractivity contribution in [2.45, 2.75) is 31.7 Å². The summed E-state index contributed by atoms with van der Waals surface area (Å²) in [4.78, 5) is 14.3. The van der Waals surface area contributed by atoms with Crippen molar-refractivity contribution in [3.63, 3.8) is 0 Å². The van der Waals surface area contributed by atoms with Crippen molar-refractivity contribution in [1.82, 2.24) is 10.2 Å². The van der Waals surface area contributed by atoms with Crippen LogP contribution in [0.4, 0.5) is 4.79 Å². The monoisotopic (exact) mass is 340 g/mol. The first-order valence-corrected chi connectivity index (χ1v) is 8.67. The van der Waals surface area contributed by atoms with Gasteiger partial charge in [-0.05, 0) is 42.9 Å². The van der Waals surface area contributed by atoms with E-state index in [1.807, 2.05) is 42.2 Å². The number of benzene rings is 2. The summed E-state index contributed by atoms with van der Waals surface area (Å²) in [6, 6.07) is 14.5. The van der Waals surface area contributed by atoms with Gasteiger partial charge in [0.05, 0.1) is 6.04 Å². The SMILES string of the molecule is C[C@@H](NC(=O)N1CCC(c2ccc(O)cc2O)CC1)c1ccccc1. The molecule has 2 aromatic carbocycles. The van der Waals surface area contributed by atoms with Crippen molar-refractivity contribution < 1.29 is 15.0 Å². The maximum atomic E-state index is 12.5. The van der Waals surface area contributed by atoms with Crippen LogP contribution in [-0.4, -0.2) is 34.2 Å². The maximum absolute atomic E-state index is 12.5. The Labute approximate surface area is 147 Å². The second-order valence-electron chi connectivity index (χ2n) is 6.59. The standard InChI is InChI=1S/C20H24N2O3/c1-14(15-5-3-2-4-6-15)21-20(25)22-11-9-16(10-12-22)18-8-7-17(23)13-19(18)24/h2-8,13-14,16,23-24H,9-12H2,1H3,(H,21,25)/t14-/m1/s1. The first-order chi connectivity index (χ1) is 12.0. The third-order valence-electron chi connectivity index (χ3n) is 4.88. The second kappa shape index (κ2) is 7.47. The van der Waals surface area contributed by atoms with E-state index in [9.17, 15) is 15.0 Å². The lowest BCUT2D eigenvalue weighted by atomic mass is 9.89. The zero-order valence-electron chi connectivity index (χ0n) is 14.4. The molecule has 3 rings (SSSR count). The molecule has 0 spiro atoms. The molecule has 5 heteroatoms. The largest absolute Gasteiger partial charge is 0.508 e. The van der Waals surface area contributed by atoms with Gasteiger partial charge in [0.15, 0.2) is 0 Å². The van der Waals surface area contributed by atoms with Crippen molar-refractivity contribution in [3.05, 3.63) is 59.7 Å². The Morgan fingerprint density at radius 3 is 2.44 bits per heavy atom. The molecule has 132 valence electrons. The Bertz CT molecular complexity index is 725. The highest BCUT2D eigenvalue weighted by molar-refractivity contribution is 5.74. The number of amides is 2. The lowest BCUT2D eigenvalue weighted by molar-refractivity contribution is 0.178. The van der Waals surface area contributed by atoms with Crippen molar-refractivity contribution in [2.75, 3.05) is 13.1 Å². The van der Waals surface area contributed by atoms with Crippen LogP contribution >= 0.6 is 0 Å². The van der Waals surface area contributed by atoms with E-state index in [-0.39, 0.29) is 29.5 Å². The third-order valence-corrected chi connectivity index (χ3v) is 4.88. The lowest BCUT2D eigenvalue weighted by Gasteiger charge is -2.33. The van der Waals surface area contributed by atoms with Crippen molar-refractivity contribution >= 4 is 6.03 Å². The number of carbonyl (C=O) groups is 1. The molecule has 0 unspecified atom stereocenters. The molecular formula is C20H24N2O3. The summed E-state index contributed by atoms with van der Waals surface area (Å²) in [5.41, 5.74) is 1.93. The van der Waals surface area contributed by atoms with E-state index in [1.54, 1.807) is 12.1 Å². The Kier molecular flexibility index (Phi) is 5.12. The van der Waals surface area contributed by atoms with Crippen molar-refractivity contribution in [1.29, 1.82) is 0 Å². The number of hydrogen-bond donors (Lipinski definition) is 3. The summed E-state index contributed by atoms with van der Waals surface area (Å²) in [6.07, 6.45) is 1.59. The smallest absolute Gasteiger partial charge is 0.317 e. The number of piperidine rings is 1. The van der Waals surface area contributed by atoms with E-state index in [2.05, 4.69) is 5.32 Å². The summed E-state index contributed by atoms with van der Waals surface area (Å²) >= 11 is 0. The molecule has 2 amide bonds. The predicted octanol–water partition coefficient (Wildman–Crippen LogP) is 3.75. The van der Waals surface area contributed by atoms with E-state index in [4.69, 9.17) is 0 Å². The van der Waals surface area contributed by atoms with Crippen molar-refractivity contribution in [2.24, 2.45) is 0 Å². The molecule has 1 fully saturated rings. The number of nitrogens with one attached hydrogen (secondary N) is 1. The number of hydrogen-bond acceptors (Lipinski definition) is 3. The van der Waals surface area contributed by atoms with Gasteiger partial charge in [-0.2, -0.15) is 0 Å². The topological polar surface area (TPSA) is 72.8 Å². The van der Waals surface area contributed by atoms with Crippen LogP contribution in [0.1, 0.15) is 42.9 Å². The van der Waals surface area contributed by atoms with Gasteiger partial charge in [0.2, 0.25) is 0 Å². The molecule has 0 aliphatic carbocycles. The molecule has 1 heterocycles. The summed E-state index contributed by atoms with van der Waals surface area (Å²) in [5, 5.41) is 22.5. The van der Waals surface area contributed by atoms with Gasteiger partial charge in [0.1, 0.15) is 11.5 Å². The summed E-state index contributed by atoms with van der Waals surface area (Å²) in [6.45, 7) is 3.28. The number of nitrogens with zero attached hydrogens (tertiary/aromatic N) is 1. The first-order valence-electron chi connectivity index (χ1n) is 8.67. The van der Waals surface area contributed by atoms with E-state index in [1.165, 1.54) is 6.07 Å². The zero-order chi connectivity index (χ0) is 17.8. The van der Waals surface area contributed by atoms with E-state index >= 15 is 0 Å². The van der Waals surface area contributed by atoms with Gasteiger partial charge in [0.25, 0.3) is 0 Å². The molecular weight excluding hydrogens is 316 g/mol. The fraction of sp³-hybridized carbons (Fsp3) is 0.350. The van der Waals surface area contributed by atoms with Crippen molar-refractivity contribution in [3.8, 4) is 11.5 Å². The molecule has 1 aliphatic rings. The number of phenolic OH excluding ortho intramolecular Hbond substituents is 2. The van der Waals surface area contributed by atoms with Crippen LogP contribution in [0.2, 0.25) is 0 Å². The first kappa shape index (κ1) is 17.1. The summed E-state index contributed by atoms with van der Waals surface area (Å²) < 4.78 is 0. The Morgan fingerprint density at radius 1 is 1.12 bits per heavy atom. The second-order valence-corrected chi connectivity index (χ2v) is 6.59.